The molecule has 0 aliphatic rings. The molecule has 248 valence electrons. The first-order chi connectivity index (χ1) is 24.0. The van der Waals surface area contributed by atoms with Gasteiger partial charge in [-0.3, -0.25) is 14.7 Å². The van der Waals surface area contributed by atoms with Gasteiger partial charge in [0.05, 0.1) is 33.4 Å². The number of nitrogen functional groups attached to an aromatic ring is 1. The molecule has 17 heteroatoms. The molecule has 0 spiro atoms. The molecule has 0 fully saturated rings. The van der Waals surface area contributed by atoms with Crippen molar-refractivity contribution in [3.8, 4) is 22.6 Å². The predicted octanol–water partition coefficient (Wildman–Crippen LogP) is 6.91. The van der Waals surface area contributed by atoms with Crippen molar-refractivity contribution in [3.05, 3.63) is 125 Å². The van der Waals surface area contributed by atoms with Gasteiger partial charge in [-0.2, -0.15) is 28.9 Å². The zero-order valence-electron chi connectivity index (χ0n) is 26.6. The molecule has 6 aromatic carbocycles. The predicted molar refractivity (Wildman–Crippen MR) is 185 cm³/mol. The SMILES string of the molecule is Nc1ccc2c(O)c(N=Nc3ccc(-c4ccc(N=Nc5ccc(O)cc5)cc4)cc3)c(S(=O)(=O)O)cc2c1N=Nc1ccc([N+](=O)[O-])cc1.[Na+]. The van der Waals surface area contributed by atoms with E-state index in [-0.39, 0.29) is 68.8 Å². The number of azo groups is 3. The summed E-state index contributed by atoms with van der Waals surface area (Å²) in [6.07, 6.45) is 0. The molecular formula is C34H24N8NaO7S+. The molecule has 0 aliphatic carbocycles. The number of aromatic hydroxyl groups is 2. The van der Waals surface area contributed by atoms with Gasteiger partial charge in [0, 0.05) is 22.9 Å². The van der Waals surface area contributed by atoms with E-state index in [4.69, 9.17) is 5.73 Å². The van der Waals surface area contributed by atoms with Crippen LogP contribution >= 0.6 is 0 Å². The van der Waals surface area contributed by atoms with Crippen molar-refractivity contribution < 1.29 is 57.7 Å². The first kappa shape index (κ1) is 36.4. The number of rotatable bonds is 9. The van der Waals surface area contributed by atoms with Gasteiger partial charge in [-0.25, -0.2) is 0 Å². The molecular weight excluding hydrogens is 687 g/mol. The summed E-state index contributed by atoms with van der Waals surface area (Å²) in [5.74, 6) is -0.467. The number of hydrogen-bond acceptors (Lipinski definition) is 13. The normalized spacial score (nSPS) is 11.8. The minimum absolute atomic E-state index is 0. The molecule has 5 N–H and O–H groups in total. The zero-order chi connectivity index (χ0) is 35.4. The second kappa shape index (κ2) is 15.3. The molecule has 51 heavy (non-hydrogen) atoms. The van der Waals surface area contributed by atoms with Crippen molar-refractivity contribution in [3.63, 3.8) is 0 Å². The Kier molecular flexibility index (Phi) is 10.9. The standard InChI is InChI=1S/C34H24N8O7S.Na/c35-30-18-17-28-29(32(30)40-38-24-9-13-26(14-10-24)42(45)46)19-31(50(47,48)49)33(34(28)44)41-39-23-7-3-21(4-8-23)20-1-5-22(6-2-20)36-37-25-11-15-27(43)16-12-25;/h1-19,43-44H,35H2,(H,47,48,49);/q;+1. The van der Waals surface area contributed by atoms with Crippen molar-refractivity contribution in [2.45, 2.75) is 4.90 Å². The molecule has 0 unspecified atom stereocenters. The Balaban J connectivity index is 0.00000504. The van der Waals surface area contributed by atoms with Gasteiger partial charge in [0.1, 0.15) is 22.0 Å². The van der Waals surface area contributed by atoms with Gasteiger partial charge in [-0.15, -0.1) is 10.2 Å². The van der Waals surface area contributed by atoms with E-state index in [2.05, 4.69) is 30.7 Å². The van der Waals surface area contributed by atoms with Crippen LogP contribution in [0.25, 0.3) is 21.9 Å². The Hall–Kier alpha value is -5.91. The van der Waals surface area contributed by atoms with Crippen LogP contribution in [-0.4, -0.2) is 28.1 Å². The van der Waals surface area contributed by atoms with Gasteiger partial charge in [0.15, 0.2) is 5.75 Å². The maximum absolute atomic E-state index is 12.5. The largest absolute Gasteiger partial charge is 1.00 e. The van der Waals surface area contributed by atoms with Gasteiger partial charge >= 0.3 is 29.6 Å². The molecule has 6 aromatic rings. The fraction of sp³-hybridized carbons (Fsp3) is 0. The summed E-state index contributed by atoms with van der Waals surface area (Å²) in [5, 5.41) is 56.2. The molecule has 0 radical (unpaired) electrons. The molecule has 0 atom stereocenters. The Morgan fingerprint density at radius 3 is 1.49 bits per heavy atom. The van der Waals surface area contributed by atoms with Crippen LogP contribution in [0.5, 0.6) is 11.5 Å². The average Bonchev–Trinajstić information content (AvgIpc) is 3.10. The molecule has 0 bridgehead atoms. The van der Waals surface area contributed by atoms with E-state index in [0.29, 0.717) is 17.1 Å². The van der Waals surface area contributed by atoms with Crippen LogP contribution in [0.2, 0.25) is 0 Å². The molecule has 0 amide bonds. The van der Waals surface area contributed by atoms with Gasteiger partial charge < -0.3 is 15.9 Å². The Labute approximate surface area is 311 Å². The smallest absolute Gasteiger partial charge is 0.508 e. The van der Waals surface area contributed by atoms with E-state index in [1.165, 1.54) is 48.5 Å². The Bertz CT molecular complexity index is 2440. The average molecular weight is 712 g/mol. The van der Waals surface area contributed by atoms with Crippen LogP contribution in [0.3, 0.4) is 0 Å². The summed E-state index contributed by atoms with van der Waals surface area (Å²) in [7, 11) is -4.94. The molecule has 0 saturated carbocycles. The molecule has 0 heterocycles. The number of phenolic OH excluding ortho intramolecular Hbond substituents is 2. The molecule has 0 saturated heterocycles. The number of phenols is 2. The number of nitrogens with zero attached hydrogens (tertiary/aromatic N) is 7. The number of benzene rings is 6. The van der Waals surface area contributed by atoms with Crippen LogP contribution in [0.15, 0.2) is 151 Å². The van der Waals surface area contributed by atoms with E-state index >= 15 is 0 Å². The van der Waals surface area contributed by atoms with Gasteiger partial charge in [0.25, 0.3) is 15.8 Å². The summed E-state index contributed by atoms with van der Waals surface area (Å²) < 4.78 is 35.0. The third-order valence-electron chi connectivity index (χ3n) is 7.30. The summed E-state index contributed by atoms with van der Waals surface area (Å²) in [6, 6.07) is 29.6. The Morgan fingerprint density at radius 2 is 1.02 bits per heavy atom. The van der Waals surface area contributed by atoms with E-state index in [0.717, 1.165) is 17.2 Å². The van der Waals surface area contributed by atoms with Crippen LogP contribution in [0, 0.1) is 10.1 Å². The fourth-order valence-corrected chi connectivity index (χ4v) is 5.41. The minimum Gasteiger partial charge on any atom is -0.508 e. The summed E-state index contributed by atoms with van der Waals surface area (Å²) in [5.41, 5.74) is 9.00. The van der Waals surface area contributed by atoms with Gasteiger partial charge in [-0.1, -0.05) is 24.3 Å². The third kappa shape index (κ3) is 8.46. The van der Waals surface area contributed by atoms with Crippen LogP contribution in [0.1, 0.15) is 0 Å². The van der Waals surface area contributed by atoms with E-state index in [1.807, 2.05) is 12.1 Å². The van der Waals surface area contributed by atoms with E-state index in [9.17, 15) is 33.3 Å². The van der Waals surface area contributed by atoms with Crippen molar-refractivity contribution >= 4 is 66.4 Å². The second-order valence-corrected chi connectivity index (χ2v) is 12.0. The zero-order valence-corrected chi connectivity index (χ0v) is 29.4. The van der Waals surface area contributed by atoms with E-state index < -0.39 is 31.4 Å². The first-order valence-electron chi connectivity index (χ1n) is 14.5. The van der Waals surface area contributed by atoms with Gasteiger partial charge in [-0.05, 0) is 90.0 Å². The first-order valence-corrected chi connectivity index (χ1v) is 15.9. The summed E-state index contributed by atoms with van der Waals surface area (Å²) in [6.45, 7) is 0. The van der Waals surface area contributed by atoms with Gasteiger partial charge in [0.2, 0.25) is 0 Å². The maximum atomic E-state index is 12.5. The van der Waals surface area contributed by atoms with Crippen molar-refractivity contribution in [2.75, 3.05) is 5.73 Å². The number of nitrogens with two attached hydrogens (primary N) is 1. The van der Waals surface area contributed by atoms with Crippen LogP contribution < -0.4 is 35.3 Å². The summed E-state index contributed by atoms with van der Waals surface area (Å²) >= 11 is 0. The minimum atomic E-state index is -4.94. The number of nitro groups is 1. The maximum Gasteiger partial charge on any atom is 1.00 e. The number of hydrogen-bond donors (Lipinski definition) is 4. The number of fused-ring (bicyclic) bond motifs is 1. The molecule has 0 aliphatic heterocycles. The van der Waals surface area contributed by atoms with E-state index in [1.54, 1.807) is 48.5 Å². The molecule has 6 rings (SSSR count). The molecule has 0 aromatic heterocycles. The fourth-order valence-electron chi connectivity index (χ4n) is 4.76. The quantitative estimate of drug-likeness (QED) is 0.0306. The van der Waals surface area contributed by atoms with Crippen LogP contribution in [0.4, 0.5) is 45.5 Å². The Morgan fingerprint density at radius 1 is 0.588 bits per heavy atom. The molecule has 15 nitrogen and oxygen atoms in total. The summed E-state index contributed by atoms with van der Waals surface area (Å²) in [4.78, 5) is 9.62. The monoisotopic (exact) mass is 711 g/mol. The van der Waals surface area contributed by atoms with Crippen molar-refractivity contribution in [2.24, 2.45) is 30.7 Å². The number of nitro benzene ring substituents is 1. The van der Waals surface area contributed by atoms with Crippen molar-refractivity contribution in [1.29, 1.82) is 0 Å². The third-order valence-corrected chi connectivity index (χ3v) is 8.17. The second-order valence-electron chi connectivity index (χ2n) is 10.6. The van der Waals surface area contributed by atoms with Crippen molar-refractivity contribution in [1.82, 2.24) is 0 Å². The van der Waals surface area contributed by atoms with Crippen LogP contribution in [-0.2, 0) is 10.1 Å². The number of non-ortho nitro benzene ring substituents is 1. The number of anilines is 1. The topological polar surface area (TPSA) is 238 Å².